The van der Waals surface area contributed by atoms with E-state index in [0.29, 0.717) is 0 Å². The van der Waals surface area contributed by atoms with E-state index in [-0.39, 0.29) is 6.98 Å². The van der Waals surface area contributed by atoms with Gasteiger partial charge in [0, 0.05) is 11.8 Å². The Morgan fingerprint density at radius 1 is 0.833 bits per heavy atom. The molecule has 3 nitrogen and oxygen atoms in total. The van der Waals surface area contributed by atoms with E-state index >= 15 is 0 Å². The Morgan fingerprint density at radius 3 is 2.33 bits per heavy atom. The third-order valence-corrected chi connectivity index (χ3v) is 4.77. The SMILES string of the molecule is CB1N(c2ccccc2)c2cccc(C)c2N1c1cccc[n+]1C. The number of anilines is 4. The molecule has 0 amide bonds. The number of fused-ring (bicyclic) bond motifs is 1. The number of hydrogen-bond donors (Lipinski definition) is 0. The molecular formula is C20H21BN3+. The molecule has 0 N–H and O–H groups in total. The topological polar surface area (TPSA) is 10.4 Å². The molecule has 2 heterocycles. The quantitative estimate of drug-likeness (QED) is 0.518. The summed E-state index contributed by atoms with van der Waals surface area (Å²) in [5.41, 5.74) is 5.06. The lowest BCUT2D eigenvalue weighted by Crippen LogP contribution is -2.46. The maximum atomic E-state index is 2.43. The average Bonchev–Trinajstić information content (AvgIpc) is 2.89. The van der Waals surface area contributed by atoms with E-state index in [4.69, 9.17) is 0 Å². The van der Waals surface area contributed by atoms with Crippen LogP contribution in [0, 0.1) is 6.92 Å². The first-order valence-corrected chi connectivity index (χ1v) is 8.36. The molecule has 0 saturated carbocycles. The summed E-state index contributed by atoms with van der Waals surface area (Å²) >= 11 is 0. The summed E-state index contributed by atoms with van der Waals surface area (Å²) in [4.78, 5) is 4.84. The van der Waals surface area contributed by atoms with Crippen LogP contribution in [0.15, 0.2) is 72.9 Å². The van der Waals surface area contributed by atoms with Gasteiger partial charge in [-0.1, -0.05) is 36.4 Å². The van der Waals surface area contributed by atoms with Crippen LogP contribution in [-0.4, -0.2) is 6.98 Å². The van der Waals surface area contributed by atoms with Crippen LogP contribution in [0.4, 0.5) is 22.9 Å². The van der Waals surface area contributed by atoms with Crippen molar-refractivity contribution in [3.8, 4) is 0 Å². The minimum Gasteiger partial charge on any atom is -0.341 e. The molecular weight excluding hydrogens is 293 g/mol. The predicted octanol–water partition coefficient (Wildman–Crippen LogP) is 4.23. The third-order valence-electron chi connectivity index (χ3n) is 4.77. The van der Waals surface area contributed by atoms with Gasteiger partial charge in [-0.05, 0) is 43.6 Å². The Morgan fingerprint density at radius 2 is 1.58 bits per heavy atom. The molecule has 0 aliphatic carbocycles. The van der Waals surface area contributed by atoms with Crippen LogP contribution in [-0.2, 0) is 7.05 Å². The summed E-state index contributed by atoms with van der Waals surface area (Å²) < 4.78 is 2.18. The van der Waals surface area contributed by atoms with E-state index in [1.807, 2.05) is 0 Å². The highest BCUT2D eigenvalue weighted by atomic mass is 15.3. The van der Waals surface area contributed by atoms with E-state index in [2.05, 4.69) is 108 Å². The van der Waals surface area contributed by atoms with E-state index in [1.54, 1.807) is 0 Å². The number of pyridine rings is 1. The standard InChI is InChI=1S/C20H21BN3/c1-16-10-9-13-18-20(16)24(19-14-7-8-15-22(19)3)21(2)23(18)17-11-5-4-6-12-17/h4-15H,1-3H3/q+1. The molecule has 0 fully saturated rings. The van der Waals surface area contributed by atoms with Gasteiger partial charge in [0.25, 0.3) is 5.82 Å². The Hall–Kier alpha value is -2.75. The Kier molecular flexibility index (Phi) is 3.53. The van der Waals surface area contributed by atoms with Crippen molar-refractivity contribution in [3.05, 3.63) is 78.5 Å². The van der Waals surface area contributed by atoms with Crippen molar-refractivity contribution in [2.75, 3.05) is 9.62 Å². The zero-order valence-corrected chi connectivity index (χ0v) is 14.3. The van der Waals surface area contributed by atoms with Gasteiger partial charge in [0.05, 0.1) is 18.9 Å². The minimum absolute atomic E-state index is 0.206. The number of nitrogens with zero attached hydrogens (tertiary/aromatic N) is 3. The highest BCUT2D eigenvalue weighted by Crippen LogP contribution is 2.46. The Labute approximate surface area is 143 Å². The third kappa shape index (κ3) is 2.18. The number of rotatable bonds is 2. The summed E-state index contributed by atoms with van der Waals surface area (Å²) in [6.07, 6.45) is 2.10. The second kappa shape index (κ2) is 5.71. The van der Waals surface area contributed by atoms with Gasteiger partial charge in [0.2, 0.25) is 0 Å². The van der Waals surface area contributed by atoms with Crippen molar-refractivity contribution in [1.29, 1.82) is 0 Å². The molecule has 0 unspecified atom stereocenters. The van der Waals surface area contributed by atoms with Gasteiger partial charge in [-0.25, -0.2) is 4.57 Å². The van der Waals surface area contributed by atoms with Crippen LogP contribution < -0.4 is 14.2 Å². The van der Waals surface area contributed by atoms with Crippen LogP contribution in [0.1, 0.15) is 5.56 Å². The fourth-order valence-electron chi connectivity index (χ4n) is 3.67. The van der Waals surface area contributed by atoms with Gasteiger partial charge in [-0.2, -0.15) is 0 Å². The van der Waals surface area contributed by atoms with Gasteiger partial charge in [0.1, 0.15) is 5.69 Å². The second-order valence-electron chi connectivity index (χ2n) is 6.32. The number of aromatic nitrogens is 1. The van der Waals surface area contributed by atoms with Gasteiger partial charge in [-0.15, -0.1) is 0 Å². The first kappa shape index (κ1) is 14.8. The lowest BCUT2D eigenvalue weighted by atomic mass is 9.76. The van der Waals surface area contributed by atoms with Gasteiger partial charge >= 0.3 is 6.98 Å². The normalized spacial score (nSPS) is 13.4. The lowest BCUT2D eigenvalue weighted by molar-refractivity contribution is -0.658. The maximum Gasteiger partial charge on any atom is 0.503 e. The van der Waals surface area contributed by atoms with Crippen molar-refractivity contribution < 1.29 is 4.57 Å². The minimum atomic E-state index is 0.206. The summed E-state index contributed by atoms with van der Waals surface area (Å²) in [7, 11) is 2.10. The molecule has 1 aromatic heterocycles. The molecule has 2 aromatic carbocycles. The van der Waals surface area contributed by atoms with Crippen LogP contribution in [0.25, 0.3) is 0 Å². The summed E-state index contributed by atoms with van der Waals surface area (Å²) in [6, 6.07) is 23.5. The second-order valence-corrected chi connectivity index (χ2v) is 6.32. The van der Waals surface area contributed by atoms with Crippen molar-refractivity contribution in [1.82, 2.24) is 0 Å². The van der Waals surface area contributed by atoms with Crippen LogP contribution in [0.2, 0.25) is 6.82 Å². The fourth-order valence-corrected chi connectivity index (χ4v) is 3.67. The molecule has 0 atom stereocenters. The zero-order valence-electron chi connectivity index (χ0n) is 14.3. The molecule has 24 heavy (non-hydrogen) atoms. The van der Waals surface area contributed by atoms with E-state index in [0.717, 1.165) is 0 Å². The van der Waals surface area contributed by atoms with Gasteiger partial charge in [0.15, 0.2) is 0 Å². The van der Waals surface area contributed by atoms with Gasteiger partial charge in [-0.3, -0.25) is 4.81 Å². The first-order chi connectivity index (χ1) is 11.7. The largest absolute Gasteiger partial charge is 0.503 e. The van der Waals surface area contributed by atoms with Crippen LogP contribution >= 0.6 is 0 Å². The first-order valence-electron chi connectivity index (χ1n) is 8.36. The molecule has 1 aliphatic heterocycles. The molecule has 1 aliphatic rings. The molecule has 4 rings (SSSR count). The highest BCUT2D eigenvalue weighted by molar-refractivity contribution is 6.71. The predicted molar refractivity (Wildman–Crippen MR) is 101 cm³/mol. The van der Waals surface area contributed by atoms with Crippen LogP contribution in [0.3, 0.4) is 0 Å². The van der Waals surface area contributed by atoms with E-state index in [9.17, 15) is 0 Å². The van der Waals surface area contributed by atoms with Crippen molar-refractivity contribution >= 4 is 29.9 Å². The number of hydrogen-bond acceptors (Lipinski definition) is 2. The zero-order chi connectivity index (χ0) is 16.7. The molecule has 0 bridgehead atoms. The molecule has 0 spiro atoms. The molecule has 3 aromatic rings. The van der Waals surface area contributed by atoms with E-state index < -0.39 is 0 Å². The average molecular weight is 314 g/mol. The maximum absolute atomic E-state index is 2.43. The molecule has 4 heteroatoms. The fraction of sp³-hybridized carbons (Fsp3) is 0.150. The van der Waals surface area contributed by atoms with Crippen molar-refractivity contribution in [2.24, 2.45) is 7.05 Å². The summed E-state index contributed by atoms with van der Waals surface area (Å²) in [5, 5.41) is 0. The van der Waals surface area contributed by atoms with Crippen molar-refractivity contribution in [3.63, 3.8) is 0 Å². The number of benzene rings is 2. The molecule has 118 valence electrons. The summed E-state index contributed by atoms with van der Waals surface area (Å²) in [5.74, 6) is 1.19. The number of aryl methyl sites for hydroxylation is 2. The van der Waals surface area contributed by atoms with Crippen LogP contribution in [0.5, 0.6) is 0 Å². The van der Waals surface area contributed by atoms with Crippen molar-refractivity contribution in [2.45, 2.75) is 13.7 Å². The van der Waals surface area contributed by atoms with E-state index in [1.165, 1.54) is 28.4 Å². The monoisotopic (exact) mass is 314 g/mol. The number of para-hydroxylation sites is 2. The summed E-state index contributed by atoms with van der Waals surface area (Å²) in [6.45, 7) is 4.66. The molecule has 0 saturated heterocycles. The Balaban J connectivity index is 1.94. The molecule has 0 radical (unpaired) electrons. The van der Waals surface area contributed by atoms with Gasteiger partial charge < -0.3 is 4.81 Å². The Bertz CT molecular complexity index is 879. The highest BCUT2D eigenvalue weighted by Gasteiger charge is 2.46. The lowest BCUT2D eigenvalue weighted by Gasteiger charge is -2.22. The smallest absolute Gasteiger partial charge is 0.341 e.